The number of hydrogen-bond donors (Lipinski definition) is 2. The van der Waals surface area contributed by atoms with Gasteiger partial charge in [-0.3, -0.25) is 0 Å². The van der Waals surface area contributed by atoms with Crippen molar-refractivity contribution in [3.8, 4) is 0 Å². The van der Waals surface area contributed by atoms with Gasteiger partial charge in [-0.15, -0.1) is 0 Å². The van der Waals surface area contributed by atoms with Crippen molar-refractivity contribution in [3.05, 3.63) is 60.7 Å². The van der Waals surface area contributed by atoms with Gasteiger partial charge in [-0.2, -0.15) is 0 Å². The van der Waals surface area contributed by atoms with E-state index in [4.69, 9.17) is 4.43 Å². The van der Waals surface area contributed by atoms with E-state index in [-0.39, 0.29) is 17.1 Å². The predicted octanol–water partition coefficient (Wildman–Crippen LogP) is 3.18. The molecule has 5 nitrogen and oxygen atoms in total. The summed E-state index contributed by atoms with van der Waals surface area (Å²) in [4.78, 5) is 22.8. The molecule has 0 aliphatic heterocycles. The van der Waals surface area contributed by atoms with E-state index in [9.17, 15) is 14.7 Å². The maximum absolute atomic E-state index is 11.5. The minimum Gasteiger partial charge on any atom is -0.465 e. The van der Waals surface area contributed by atoms with Crippen molar-refractivity contribution in [3.63, 3.8) is 0 Å². The molecule has 29 heavy (non-hydrogen) atoms. The predicted molar refractivity (Wildman–Crippen MR) is 116 cm³/mol. The molecule has 0 radical (unpaired) electrons. The van der Waals surface area contributed by atoms with Crippen LogP contribution in [0.2, 0.25) is 5.04 Å². The van der Waals surface area contributed by atoms with Gasteiger partial charge in [0.1, 0.15) is 6.29 Å². The molecular weight excluding hydrogens is 382 g/mol. The van der Waals surface area contributed by atoms with Crippen LogP contribution in [0.15, 0.2) is 60.7 Å². The van der Waals surface area contributed by atoms with E-state index in [1.54, 1.807) is 0 Å². The molecule has 0 spiro atoms. The van der Waals surface area contributed by atoms with Crippen LogP contribution in [0.3, 0.4) is 0 Å². The highest BCUT2D eigenvalue weighted by Gasteiger charge is 2.53. The Morgan fingerprint density at radius 1 is 1.03 bits per heavy atom. The number of carbonyl (C=O) groups excluding carboxylic acids is 1. The quantitative estimate of drug-likeness (QED) is 0.565. The van der Waals surface area contributed by atoms with Gasteiger partial charge in [0.25, 0.3) is 8.32 Å². The van der Waals surface area contributed by atoms with Crippen molar-refractivity contribution in [2.24, 2.45) is 5.92 Å². The van der Waals surface area contributed by atoms with Crippen molar-refractivity contribution < 1.29 is 19.1 Å². The standard InChI is InChI=1S/C23H29NO4Si/c1-23(2,3)29(18-10-6-4-7-11-18,19-12-8-5-9-13-19)28-21-15-17(16-25)14-20(21)24-22(26)27/h4-13,16-17,20-21,24H,14-15H2,1-3H3,(H,26,27)/t17-,20-,21-/m1/s1. The molecule has 0 heterocycles. The summed E-state index contributed by atoms with van der Waals surface area (Å²) in [7, 11) is -2.80. The van der Waals surface area contributed by atoms with E-state index in [0.29, 0.717) is 12.8 Å². The van der Waals surface area contributed by atoms with Crippen LogP contribution < -0.4 is 15.7 Å². The summed E-state index contributed by atoms with van der Waals surface area (Å²) in [5.74, 6) is -0.199. The van der Waals surface area contributed by atoms with Gasteiger partial charge in [-0.1, -0.05) is 81.4 Å². The van der Waals surface area contributed by atoms with Crippen LogP contribution in [0, 0.1) is 5.92 Å². The second-order valence-corrected chi connectivity index (χ2v) is 13.0. The highest BCUT2D eigenvalue weighted by atomic mass is 28.4. The summed E-state index contributed by atoms with van der Waals surface area (Å²) >= 11 is 0. The highest BCUT2D eigenvalue weighted by molar-refractivity contribution is 6.99. The lowest BCUT2D eigenvalue weighted by molar-refractivity contribution is -0.111. The Bertz CT molecular complexity index is 795. The van der Waals surface area contributed by atoms with E-state index < -0.39 is 20.5 Å². The molecule has 0 aromatic heterocycles. The Morgan fingerprint density at radius 2 is 1.55 bits per heavy atom. The molecule has 1 fully saturated rings. The number of rotatable bonds is 6. The van der Waals surface area contributed by atoms with Crippen molar-refractivity contribution in [1.82, 2.24) is 5.32 Å². The number of benzene rings is 2. The number of nitrogens with one attached hydrogen (secondary N) is 1. The third-order valence-corrected chi connectivity index (χ3v) is 10.8. The molecule has 2 N–H and O–H groups in total. The Labute approximate surface area is 173 Å². The van der Waals surface area contributed by atoms with Crippen LogP contribution in [0.1, 0.15) is 33.6 Å². The molecule has 2 aromatic rings. The van der Waals surface area contributed by atoms with Gasteiger partial charge < -0.3 is 19.6 Å². The third kappa shape index (κ3) is 4.28. The van der Waals surface area contributed by atoms with E-state index in [2.05, 4.69) is 50.4 Å². The number of carboxylic acid groups (broad SMARTS) is 1. The lowest BCUT2D eigenvalue weighted by Gasteiger charge is -2.45. The molecule has 0 unspecified atom stereocenters. The number of carbonyl (C=O) groups is 2. The maximum atomic E-state index is 11.5. The zero-order valence-corrected chi connectivity index (χ0v) is 18.2. The number of hydrogen-bond acceptors (Lipinski definition) is 3. The maximum Gasteiger partial charge on any atom is 0.404 e. The first-order valence-corrected chi connectivity index (χ1v) is 11.9. The summed E-state index contributed by atoms with van der Waals surface area (Å²) in [5.41, 5.74) is 0. The van der Waals surface area contributed by atoms with E-state index >= 15 is 0 Å². The summed E-state index contributed by atoms with van der Waals surface area (Å²) in [5, 5.41) is 14.0. The van der Waals surface area contributed by atoms with Gasteiger partial charge in [0.2, 0.25) is 0 Å². The van der Waals surface area contributed by atoms with Crippen LogP contribution in [-0.4, -0.2) is 37.9 Å². The van der Waals surface area contributed by atoms with Gasteiger partial charge in [0.15, 0.2) is 0 Å². The average molecular weight is 412 g/mol. The average Bonchev–Trinajstić information content (AvgIpc) is 3.07. The Balaban J connectivity index is 2.12. The Hall–Kier alpha value is -2.44. The van der Waals surface area contributed by atoms with Gasteiger partial charge >= 0.3 is 6.09 Å². The van der Waals surface area contributed by atoms with E-state index in [1.165, 1.54) is 0 Å². The first kappa shape index (κ1) is 21.3. The first-order valence-electron chi connectivity index (χ1n) is 10.0. The van der Waals surface area contributed by atoms with E-state index in [1.807, 2.05) is 36.4 Å². The van der Waals surface area contributed by atoms with Crippen molar-refractivity contribution in [1.29, 1.82) is 0 Å². The molecule has 0 bridgehead atoms. The zero-order chi connectivity index (χ0) is 21.1. The van der Waals surface area contributed by atoms with Crippen LogP contribution in [0.25, 0.3) is 0 Å². The van der Waals surface area contributed by atoms with Crippen LogP contribution in [-0.2, 0) is 9.22 Å². The SMILES string of the molecule is CC(C)(C)[Si](O[C@@H]1C[C@H](C=O)C[C@H]1NC(=O)O)(c1ccccc1)c1ccccc1. The lowest BCUT2D eigenvalue weighted by atomic mass is 10.1. The fourth-order valence-electron chi connectivity index (χ4n) is 4.51. The third-order valence-electron chi connectivity index (χ3n) is 5.79. The number of amides is 1. The molecule has 3 rings (SSSR count). The summed E-state index contributed by atoms with van der Waals surface area (Å²) in [6.45, 7) is 6.56. The second-order valence-electron chi connectivity index (χ2n) is 8.74. The molecule has 1 amide bonds. The number of aldehydes is 1. The van der Waals surface area contributed by atoms with Crippen LogP contribution >= 0.6 is 0 Å². The Morgan fingerprint density at radius 3 is 1.97 bits per heavy atom. The van der Waals surface area contributed by atoms with Crippen molar-refractivity contribution in [2.45, 2.75) is 50.8 Å². The first-order chi connectivity index (χ1) is 13.8. The Kier molecular flexibility index (Phi) is 6.24. The molecule has 154 valence electrons. The van der Waals surface area contributed by atoms with Crippen LogP contribution in [0.5, 0.6) is 0 Å². The van der Waals surface area contributed by atoms with Gasteiger partial charge in [-0.25, -0.2) is 4.79 Å². The van der Waals surface area contributed by atoms with E-state index in [0.717, 1.165) is 16.7 Å². The molecule has 2 aromatic carbocycles. The zero-order valence-electron chi connectivity index (χ0n) is 17.2. The molecule has 0 saturated heterocycles. The summed E-state index contributed by atoms with van der Waals surface area (Å²) < 4.78 is 7.04. The monoisotopic (exact) mass is 411 g/mol. The van der Waals surface area contributed by atoms with Gasteiger partial charge in [0.05, 0.1) is 12.1 Å². The highest BCUT2D eigenvalue weighted by Crippen LogP contribution is 2.40. The summed E-state index contributed by atoms with van der Waals surface area (Å²) in [6.07, 6.45) is 0.480. The fraction of sp³-hybridized carbons (Fsp3) is 0.391. The minimum absolute atomic E-state index is 0.199. The smallest absolute Gasteiger partial charge is 0.404 e. The van der Waals surface area contributed by atoms with Gasteiger partial charge in [-0.05, 0) is 28.3 Å². The fourth-order valence-corrected chi connectivity index (χ4v) is 9.24. The molecule has 3 atom stereocenters. The molecule has 1 aliphatic rings. The normalized spacial score (nSPS) is 22.2. The molecule has 1 aliphatic carbocycles. The van der Waals surface area contributed by atoms with Crippen molar-refractivity contribution in [2.75, 3.05) is 0 Å². The minimum atomic E-state index is -2.80. The van der Waals surface area contributed by atoms with Crippen LogP contribution in [0.4, 0.5) is 4.79 Å². The molecule has 1 saturated carbocycles. The molecular formula is C23H29NO4Si. The summed E-state index contributed by atoms with van der Waals surface area (Å²) in [6, 6.07) is 20.1. The van der Waals surface area contributed by atoms with Crippen molar-refractivity contribution >= 4 is 31.1 Å². The van der Waals surface area contributed by atoms with Gasteiger partial charge in [0, 0.05) is 5.92 Å². The molecule has 6 heteroatoms. The topological polar surface area (TPSA) is 75.6 Å². The largest absolute Gasteiger partial charge is 0.465 e. The lowest BCUT2D eigenvalue weighted by Crippen LogP contribution is -2.68. The second kappa shape index (κ2) is 8.51.